The van der Waals surface area contributed by atoms with Gasteiger partial charge in [0.1, 0.15) is 0 Å². The maximum absolute atomic E-state index is 5.58. The molecule has 12 heavy (non-hydrogen) atoms. The minimum Gasteiger partial charge on any atom is -0.325 e. The number of aryl methyl sites for hydroxylation is 1. The quantitative estimate of drug-likeness (QED) is 0.687. The van der Waals surface area contributed by atoms with Crippen LogP contribution in [0.3, 0.4) is 0 Å². The van der Waals surface area contributed by atoms with Gasteiger partial charge in [-0.15, -0.1) is 0 Å². The van der Waals surface area contributed by atoms with Crippen molar-refractivity contribution < 1.29 is 0 Å². The van der Waals surface area contributed by atoms with Gasteiger partial charge in [0.2, 0.25) is 0 Å². The van der Waals surface area contributed by atoms with E-state index in [1.54, 1.807) is 0 Å². The molecule has 0 saturated heterocycles. The average molecular weight is 164 g/mol. The first kappa shape index (κ1) is 9.20. The van der Waals surface area contributed by atoms with Crippen molar-refractivity contribution in [3.8, 4) is 0 Å². The lowest BCUT2D eigenvalue weighted by atomic mass is 10.0. The van der Waals surface area contributed by atoms with Crippen LogP contribution in [0.2, 0.25) is 0 Å². The van der Waals surface area contributed by atoms with E-state index in [4.69, 9.17) is 5.73 Å². The molecular formula is C10H16N2. The van der Waals surface area contributed by atoms with Crippen LogP contribution < -0.4 is 5.73 Å². The molecule has 0 aliphatic carbocycles. The van der Waals surface area contributed by atoms with Gasteiger partial charge in [-0.2, -0.15) is 0 Å². The van der Waals surface area contributed by atoms with E-state index in [9.17, 15) is 0 Å². The molecule has 1 aromatic heterocycles. The van der Waals surface area contributed by atoms with E-state index in [1.165, 1.54) is 16.7 Å². The first-order chi connectivity index (χ1) is 5.57. The maximum Gasteiger partial charge on any atom is 0.0574 e. The van der Waals surface area contributed by atoms with Gasteiger partial charge in [-0.25, -0.2) is 0 Å². The molecule has 0 amide bonds. The van der Waals surface area contributed by atoms with Crippen molar-refractivity contribution in [2.24, 2.45) is 5.73 Å². The van der Waals surface area contributed by atoms with Crippen LogP contribution in [-0.4, -0.2) is 4.98 Å². The molecule has 2 nitrogen and oxygen atoms in total. The molecule has 2 N–H and O–H groups in total. The van der Waals surface area contributed by atoms with Gasteiger partial charge in [0, 0.05) is 12.2 Å². The fourth-order valence-electron chi connectivity index (χ4n) is 1.34. The standard InChI is InChI=1S/C10H16N2/c1-6-7(2)9(4)12-10(5-11)8(6)3/h5,11H2,1-4H3. The van der Waals surface area contributed by atoms with Crippen LogP contribution in [0.1, 0.15) is 28.1 Å². The molecule has 0 aromatic carbocycles. The fraction of sp³-hybridized carbons (Fsp3) is 0.500. The molecule has 0 saturated carbocycles. The maximum atomic E-state index is 5.58. The minimum absolute atomic E-state index is 0.536. The zero-order valence-electron chi connectivity index (χ0n) is 8.23. The van der Waals surface area contributed by atoms with Gasteiger partial charge >= 0.3 is 0 Å². The highest BCUT2D eigenvalue weighted by Gasteiger charge is 2.06. The summed E-state index contributed by atoms with van der Waals surface area (Å²) in [6, 6.07) is 0. The minimum atomic E-state index is 0.536. The molecule has 0 aliphatic rings. The summed E-state index contributed by atoms with van der Waals surface area (Å²) in [5.74, 6) is 0. The van der Waals surface area contributed by atoms with Crippen LogP contribution in [0.25, 0.3) is 0 Å². The molecule has 2 heteroatoms. The summed E-state index contributed by atoms with van der Waals surface area (Å²) in [5.41, 5.74) is 11.5. The van der Waals surface area contributed by atoms with E-state index in [2.05, 4.69) is 25.8 Å². The van der Waals surface area contributed by atoms with E-state index >= 15 is 0 Å². The second-order valence-electron chi connectivity index (χ2n) is 3.22. The van der Waals surface area contributed by atoms with E-state index in [-0.39, 0.29) is 0 Å². The highest BCUT2D eigenvalue weighted by molar-refractivity contribution is 5.37. The van der Waals surface area contributed by atoms with Gasteiger partial charge < -0.3 is 5.73 Å². The van der Waals surface area contributed by atoms with Gasteiger partial charge in [0.25, 0.3) is 0 Å². The largest absolute Gasteiger partial charge is 0.325 e. The molecule has 0 fully saturated rings. The van der Waals surface area contributed by atoms with E-state index in [0.29, 0.717) is 6.54 Å². The van der Waals surface area contributed by atoms with Crippen LogP contribution >= 0.6 is 0 Å². The summed E-state index contributed by atoms with van der Waals surface area (Å²) in [4.78, 5) is 4.43. The number of rotatable bonds is 1. The fourth-order valence-corrected chi connectivity index (χ4v) is 1.34. The molecule has 1 rings (SSSR count). The SMILES string of the molecule is Cc1nc(CN)c(C)c(C)c1C. The number of hydrogen-bond donors (Lipinski definition) is 1. The van der Waals surface area contributed by atoms with Crippen LogP contribution in [0.4, 0.5) is 0 Å². The molecule has 0 radical (unpaired) electrons. The lowest BCUT2D eigenvalue weighted by Crippen LogP contribution is -2.07. The summed E-state index contributed by atoms with van der Waals surface area (Å²) < 4.78 is 0. The number of aromatic nitrogens is 1. The summed E-state index contributed by atoms with van der Waals surface area (Å²) in [5, 5.41) is 0. The van der Waals surface area contributed by atoms with Crippen LogP contribution in [0.5, 0.6) is 0 Å². The highest BCUT2D eigenvalue weighted by Crippen LogP contribution is 2.17. The average Bonchev–Trinajstić information content (AvgIpc) is 2.08. The van der Waals surface area contributed by atoms with Crippen LogP contribution in [-0.2, 0) is 6.54 Å². The summed E-state index contributed by atoms with van der Waals surface area (Å²) in [7, 11) is 0. The molecule has 1 aromatic rings. The zero-order chi connectivity index (χ0) is 9.30. The Balaban J connectivity index is 3.39. The van der Waals surface area contributed by atoms with Crippen molar-refractivity contribution in [3.63, 3.8) is 0 Å². The molecule has 0 atom stereocenters. The van der Waals surface area contributed by atoms with Crippen molar-refractivity contribution in [2.75, 3.05) is 0 Å². The Morgan fingerprint density at radius 2 is 1.58 bits per heavy atom. The topological polar surface area (TPSA) is 38.9 Å². The Bertz CT molecular complexity index is 303. The van der Waals surface area contributed by atoms with Crippen molar-refractivity contribution >= 4 is 0 Å². The lowest BCUT2D eigenvalue weighted by Gasteiger charge is -2.11. The molecule has 0 unspecified atom stereocenters. The predicted molar refractivity (Wildman–Crippen MR) is 51.1 cm³/mol. The Kier molecular flexibility index (Phi) is 2.48. The second-order valence-corrected chi connectivity index (χ2v) is 3.22. The third-order valence-electron chi connectivity index (χ3n) is 2.60. The number of nitrogens with zero attached hydrogens (tertiary/aromatic N) is 1. The van der Waals surface area contributed by atoms with E-state index < -0.39 is 0 Å². The number of pyridine rings is 1. The monoisotopic (exact) mass is 164 g/mol. The highest BCUT2D eigenvalue weighted by atomic mass is 14.8. The zero-order valence-corrected chi connectivity index (χ0v) is 8.23. The molecule has 0 aliphatic heterocycles. The molecule has 1 heterocycles. The van der Waals surface area contributed by atoms with Crippen LogP contribution in [0, 0.1) is 27.7 Å². The first-order valence-electron chi connectivity index (χ1n) is 4.21. The molecule has 0 bridgehead atoms. The van der Waals surface area contributed by atoms with Crippen molar-refractivity contribution in [3.05, 3.63) is 28.1 Å². The van der Waals surface area contributed by atoms with Crippen molar-refractivity contribution in [1.82, 2.24) is 4.98 Å². The number of nitrogens with two attached hydrogens (primary N) is 1. The normalized spacial score (nSPS) is 10.4. The van der Waals surface area contributed by atoms with Gasteiger partial charge in [-0.1, -0.05) is 0 Å². The van der Waals surface area contributed by atoms with Crippen molar-refractivity contribution in [1.29, 1.82) is 0 Å². The molecule has 66 valence electrons. The molecule has 0 spiro atoms. The van der Waals surface area contributed by atoms with Crippen molar-refractivity contribution in [2.45, 2.75) is 34.2 Å². The van der Waals surface area contributed by atoms with E-state index in [0.717, 1.165) is 11.4 Å². The van der Waals surface area contributed by atoms with Crippen LogP contribution in [0.15, 0.2) is 0 Å². The summed E-state index contributed by atoms with van der Waals surface area (Å²) in [6.45, 7) is 8.87. The first-order valence-corrected chi connectivity index (χ1v) is 4.21. The predicted octanol–water partition coefficient (Wildman–Crippen LogP) is 1.77. The van der Waals surface area contributed by atoms with Gasteiger partial charge in [0.15, 0.2) is 0 Å². The van der Waals surface area contributed by atoms with Gasteiger partial charge in [-0.3, -0.25) is 4.98 Å². The van der Waals surface area contributed by atoms with Gasteiger partial charge in [0.05, 0.1) is 5.69 Å². The summed E-state index contributed by atoms with van der Waals surface area (Å²) >= 11 is 0. The molecular weight excluding hydrogens is 148 g/mol. The third kappa shape index (κ3) is 1.34. The second kappa shape index (κ2) is 3.23. The van der Waals surface area contributed by atoms with E-state index in [1.807, 2.05) is 6.92 Å². The lowest BCUT2D eigenvalue weighted by molar-refractivity contribution is 0.926. The Labute approximate surface area is 73.8 Å². The smallest absolute Gasteiger partial charge is 0.0574 e. The third-order valence-corrected chi connectivity index (χ3v) is 2.60. The van der Waals surface area contributed by atoms with Gasteiger partial charge in [-0.05, 0) is 44.4 Å². The number of hydrogen-bond acceptors (Lipinski definition) is 2. The summed E-state index contributed by atoms with van der Waals surface area (Å²) in [6.07, 6.45) is 0. The Morgan fingerprint density at radius 1 is 1.00 bits per heavy atom. The Hall–Kier alpha value is -0.890. The Morgan fingerprint density at radius 3 is 2.08 bits per heavy atom.